The molecule has 0 bridgehead atoms. The number of fused-ring (bicyclic) bond motifs is 2. The van der Waals surface area contributed by atoms with Gasteiger partial charge in [-0.15, -0.1) is 0 Å². The predicted octanol–water partition coefficient (Wildman–Crippen LogP) is 4.14. The number of esters is 1. The van der Waals surface area contributed by atoms with E-state index in [9.17, 15) is 4.79 Å². The molecule has 7 rings (SSSR count). The third kappa shape index (κ3) is 3.39. The van der Waals surface area contributed by atoms with Crippen molar-refractivity contribution in [3.63, 3.8) is 0 Å². The van der Waals surface area contributed by atoms with Crippen LogP contribution in [0.2, 0.25) is 0 Å². The van der Waals surface area contributed by atoms with Crippen LogP contribution < -0.4 is 15.8 Å². The van der Waals surface area contributed by atoms with Crippen molar-refractivity contribution >= 4 is 28.4 Å². The summed E-state index contributed by atoms with van der Waals surface area (Å²) in [5, 5.41) is 5.21. The van der Waals surface area contributed by atoms with E-state index in [1.165, 1.54) is 0 Å². The van der Waals surface area contributed by atoms with Crippen LogP contribution in [0.3, 0.4) is 0 Å². The van der Waals surface area contributed by atoms with Crippen LogP contribution in [0.15, 0.2) is 30.6 Å². The molecule has 3 aromatic rings. The Morgan fingerprint density at radius 2 is 1.94 bits per heavy atom. The summed E-state index contributed by atoms with van der Waals surface area (Å²) in [5.74, 6) is 2.11. The van der Waals surface area contributed by atoms with Gasteiger partial charge in [-0.2, -0.15) is 0 Å². The fourth-order valence-electron chi connectivity index (χ4n) is 4.98. The minimum Gasteiger partial charge on any atom is -0.474 e. The standard InChI is InChI=1S/C26H27N5O3/c1-25(27,14-2-3-14)19-13-29-23(33-15-4-5-15)18-12-28-22(10-17(18)19)31-21-7-6-16-20(30-21)11-26(8-9-26)34-24(16)32/h6-7,10,12-15H,2-5,8-9,11,27H2,1H3,(H,28,30,31)/t25-/m1/s1. The Bertz CT molecular complexity index is 1340. The lowest BCUT2D eigenvalue weighted by Crippen LogP contribution is -2.35. The number of aromatic nitrogens is 3. The van der Waals surface area contributed by atoms with Crippen molar-refractivity contribution in [2.24, 2.45) is 11.7 Å². The third-order valence-corrected chi connectivity index (χ3v) is 7.60. The lowest BCUT2D eigenvalue weighted by atomic mass is 9.86. The van der Waals surface area contributed by atoms with Crippen molar-refractivity contribution in [3.8, 4) is 5.88 Å². The maximum atomic E-state index is 12.3. The summed E-state index contributed by atoms with van der Waals surface area (Å²) in [5.41, 5.74) is 8.37. The normalized spacial score (nSPS) is 22.1. The Morgan fingerprint density at radius 1 is 1.12 bits per heavy atom. The average Bonchev–Trinajstić information content (AvgIpc) is 3.64. The molecule has 1 atom stereocenters. The molecule has 3 N–H and O–H groups in total. The molecule has 34 heavy (non-hydrogen) atoms. The fourth-order valence-corrected chi connectivity index (χ4v) is 4.98. The van der Waals surface area contributed by atoms with Gasteiger partial charge in [0.1, 0.15) is 23.3 Å². The molecule has 8 nitrogen and oxygen atoms in total. The van der Waals surface area contributed by atoms with E-state index in [1.807, 2.05) is 18.5 Å². The summed E-state index contributed by atoms with van der Waals surface area (Å²) >= 11 is 0. The summed E-state index contributed by atoms with van der Waals surface area (Å²) in [6, 6.07) is 5.59. The largest absolute Gasteiger partial charge is 0.474 e. The van der Waals surface area contributed by atoms with Crippen LogP contribution in [0, 0.1) is 5.92 Å². The van der Waals surface area contributed by atoms with Gasteiger partial charge in [-0.3, -0.25) is 0 Å². The highest BCUT2D eigenvalue weighted by atomic mass is 16.6. The average molecular weight is 458 g/mol. The van der Waals surface area contributed by atoms with Crippen LogP contribution in [-0.4, -0.2) is 32.6 Å². The number of carbonyl (C=O) groups is 1. The first-order chi connectivity index (χ1) is 16.4. The Hall–Kier alpha value is -3.26. The van der Waals surface area contributed by atoms with E-state index in [0.29, 0.717) is 35.4 Å². The van der Waals surface area contributed by atoms with E-state index in [4.69, 9.17) is 20.2 Å². The van der Waals surface area contributed by atoms with E-state index >= 15 is 0 Å². The smallest absolute Gasteiger partial charge is 0.340 e. The second-order valence-electron chi connectivity index (χ2n) is 10.5. The molecule has 0 radical (unpaired) electrons. The fraction of sp³-hybridized carbons (Fsp3) is 0.462. The van der Waals surface area contributed by atoms with E-state index < -0.39 is 5.54 Å². The lowest BCUT2D eigenvalue weighted by molar-refractivity contribution is 0.0174. The number of nitrogens with zero attached hydrogens (tertiary/aromatic N) is 3. The monoisotopic (exact) mass is 457 g/mol. The number of carbonyl (C=O) groups excluding carboxylic acids is 1. The number of nitrogens with one attached hydrogen (secondary N) is 1. The molecule has 4 heterocycles. The van der Waals surface area contributed by atoms with Crippen LogP contribution in [0.25, 0.3) is 10.8 Å². The quantitative estimate of drug-likeness (QED) is 0.531. The number of hydrogen-bond acceptors (Lipinski definition) is 8. The molecule has 0 unspecified atom stereocenters. The Balaban J connectivity index is 1.26. The SMILES string of the molecule is C[C@](N)(c1cnc(OC2CC2)c2cnc(Nc3ccc4c(n3)CC3(CC3)OC4=O)cc12)C1CC1. The molecular formula is C26H27N5O3. The van der Waals surface area contributed by atoms with Gasteiger partial charge in [0.2, 0.25) is 5.88 Å². The number of pyridine rings is 3. The van der Waals surface area contributed by atoms with E-state index in [-0.39, 0.29) is 17.7 Å². The van der Waals surface area contributed by atoms with Crippen molar-refractivity contribution < 1.29 is 14.3 Å². The van der Waals surface area contributed by atoms with Gasteiger partial charge in [0, 0.05) is 24.4 Å². The number of rotatable bonds is 6. The van der Waals surface area contributed by atoms with Gasteiger partial charge >= 0.3 is 5.97 Å². The topological polar surface area (TPSA) is 112 Å². The molecule has 8 heteroatoms. The summed E-state index contributed by atoms with van der Waals surface area (Å²) in [6.45, 7) is 2.09. The van der Waals surface area contributed by atoms with Gasteiger partial charge in [0.05, 0.1) is 16.6 Å². The number of anilines is 2. The molecule has 1 aliphatic heterocycles. The van der Waals surface area contributed by atoms with Crippen LogP contribution in [0.5, 0.6) is 5.88 Å². The van der Waals surface area contributed by atoms with Gasteiger partial charge in [0.25, 0.3) is 0 Å². The molecule has 1 spiro atoms. The zero-order valence-electron chi connectivity index (χ0n) is 19.1. The predicted molar refractivity (Wildman–Crippen MR) is 126 cm³/mol. The van der Waals surface area contributed by atoms with Gasteiger partial charge in [-0.25, -0.2) is 19.7 Å². The minimum atomic E-state index is -0.467. The summed E-state index contributed by atoms with van der Waals surface area (Å²) in [7, 11) is 0. The van der Waals surface area contributed by atoms with Crippen molar-refractivity contribution in [1.82, 2.24) is 15.0 Å². The lowest BCUT2D eigenvalue weighted by Gasteiger charge is -2.27. The van der Waals surface area contributed by atoms with Crippen LogP contribution in [0.4, 0.5) is 11.6 Å². The second kappa shape index (κ2) is 6.88. The first kappa shape index (κ1) is 20.1. The van der Waals surface area contributed by atoms with Gasteiger partial charge in [-0.1, -0.05) is 0 Å². The van der Waals surface area contributed by atoms with Gasteiger partial charge in [-0.05, 0) is 80.5 Å². The molecule has 0 saturated heterocycles. The molecule has 3 aromatic heterocycles. The van der Waals surface area contributed by atoms with Crippen molar-refractivity contribution in [2.45, 2.75) is 69.1 Å². The summed E-state index contributed by atoms with van der Waals surface area (Å²) in [6.07, 6.45) is 10.8. The number of ether oxygens (including phenoxy) is 2. The molecule has 0 aromatic carbocycles. The zero-order chi connectivity index (χ0) is 23.1. The van der Waals surface area contributed by atoms with Gasteiger partial charge < -0.3 is 20.5 Å². The third-order valence-electron chi connectivity index (χ3n) is 7.60. The van der Waals surface area contributed by atoms with E-state index in [0.717, 1.165) is 60.6 Å². The first-order valence-corrected chi connectivity index (χ1v) is 12.2. The molecule has 0 amide bonds. The zero-order valence-corrected chi connectivity index (χ0v) is 19.1. The maximum Gasteiger partial charge on any atom is 0.340 e. The Kier molecular flexibility index (Phi) is 4.08. The molecule has 3 fully saturated rings. The summed E-state index contributed by atoms with van der Waals surface area (Å²) < 4.78 is 11.7. The van der Waals surface area contributed by atoms with E-state index in [1.54, 1.807) is 12.1 Å². The molecule has 3 saturated carbocycles. The molecular weight excluding hydrogens is 430 g/mol. The second-order valence-corrected chi connectivity index (χ2v) is 10.5. The van der Waals surface area contributed by atoms with Gasteiger partial charge in [0.15, 0.2) is 0 Å². The van der Waals surface area contributed by atoms with Crippen molar-refractivity contribution in [3.05, 3.63) is 47.4 Å². The molecule has 174 valence electrons. The number of hydrogen-bond donors (Lipinski definition) is 2. The van der Waals surface area contributed by atoms with Crippen molar-refractivity contribution in [2.75, 3.05) is 5.32 Å². The highest BCUT2D eigenvalue weighted by Gasteiger charge is 2.51. The number of nitrogens with two attached hydrogens (primary N) is 1. The van der Waals surface area contributed by atoms with Crippen LogP contribution in [0.1, 0.15) is 67.1 Å². The highest BCUT2D eigenvalue weighted by molar-refractivity contribution is 5.93. The first-order valence-electron chi connectivity index (χ1n) is 12.2. The summed E-state index contributed by atoms with van der Waals surface area (Å²) in [4.78, 5) is 26.3. The Labute approximate surface area is 197 Å². The van der Waals surface area contributed by atoms with E-state index in [2.05, 4.69) is 22.2 Å². The van der Waals surface area contributed by atoms with Crippen LogP contribution >= 0.6 is 0 Å². The highest BCUT2D eigenvalue weighted by Crippen LogP contribution is 2.47. The van der Waals surface area contributed by atoms with Crippen molar-refractivity contribution in [1.29, 1.82) is 0 Å². The minimum absolute atomic E-state index is 0.244. The molecule has 3 aliphatic carbocycles. The van der Waals surface area contributed by atoms with Crippen LogP contribution in [-0.2, 0) is 16.7 Å². The molecule has 4 aliphatic rings. The maximum absolute atomic E-state index is 12.3. The Morgan fingerprint density at radius 3 is 2.68 bits per heavy atom.